The van der Waals surface area contributed by atoms with E-state index in [-0.39, 0.29) is 91.9 Å². The van der Waals surface area contributed by atoms with Crippen molar-refractivity contribution in [1.29, 1.82) is 0 Å². The molecule has 0 radical (unpaired) electrons. The van der Waals surface area contributed by atoms with Crippen LogP contribution in [0, 0.1) is 0 Å². The van der Waals surface area contributed by atoms with Crippen LogP contribution < -0.4 is 10.2 Å². The van der Waals surface area contributed by atoms with Crippen LogP contribution in [0.4, 0.5) is 0 Å². The maximum absolute atomic E-state index is 10.0. The maximum atomic E-state index is 10.0. The molecule has 0 aliphatic heterocycles. The van der Waals surface area contributed by atoms with Gasteiger partial charge >= 0.3 is 0 Å². The summed E-state index contributed by atoms with van der Waals surface area (Å²) in [6.07, 6.45) is 2.82. The van der Waals surface area contributed by atoms with Gasteiger partial charge in [-0.25, -0.2) is 0 Å². The van der Waals surface area contributed by atoms with Gasteiger partial charge in [-0.1, -0.05) is 12.1 Å². The van der Waals surface area contributed by atoms with Crippen molar-refractivity contribution in [2.75, 3.05) is 0 Å². The first-order valence-corrected chi connectivity index (χ1v) is 4.86. The SMILES string of the molecule is O.O=C([O-])c1ccccn1.O=C([O-])c1ccccn1.[Mo].[Mo].[O-2].[O-2].[O-2].[O-2].[OH3+].[OH3+]. The molecule has 27 heavy (non-hydrogen) atoms. The Bertz CT molecular complexity index is 486. The summed E-state index contributed by atoms with van der Waals surface area (Å²) in [5.74, 6) is -2.48. The molecule has 0 saturated carbocycles. The molecule has 0 atom stereocenters. The number of nitrogens with zero attached hydrogens (tertiary/aromatic N) is 2. The van der Waals surface area contributed by atoms with Crippen LogP contribution >= 0.6 is 0 Å². The zero-order valence-electron chi connectivity index (χ0n) is 13.3. The number of pyridine rings is 2. The van der Waals surface area contributed by atoms with Gasteiger partial charge < -0.3 is 58.1 Å². The standard InChI is InChI=1S/2C6H5NO2.2Mo.3H2O.4O/c2*8-6(9)5-3-1-2-4-7-5;;;;;;;;;/h2*1-4H,(H,8,9);;;3*1H2;;;;/q;;;;;;;4*-2. The third-order valence-corrected chi connectivity index (χ3v) is 1.75. The van der Waals surface area contributed by atoms with E-state index in [1.54, 1.807) is 24.3 Å². The number of carbonyl (C=O) groups is 2. The van der Waals surface area contributed by atoms with Crippen LogP contribution in [0.3, 0.4) is 0 Å². The molecule has 0 aliphatic carbocycles. The molecule has 0 aromatic carbocycles. The van der Waals surface area contributed by atoms with E-state index in [1.165, 1.54) is 24.5 Å². The summed E-state index contributed by atoms with van der Waals surface area (Å²) in [5.41, 5.74) is -0.0602. The van der Waals surface area contributed by atoms with Crippen LogP contribution in [0.2, 0.25) is 0 Å². The van der Waals surface area contributed by atoms with E-state index in [4.69, 9.17) is 0 Å². The molecule has 160 valence electrons. The number of carbonyl (C=O) groups excluding carboxylic acids is 2. The molecule has 0 amide bonds. The quantitative estimate of drug-likeness (QED) is 0.260. The van der Waals surface area contributed by atoms with Gasteiger partial charge in [0.1, 0.15) is 0 Å². The predicted octanol–water partition coefficient (Wildman–Crippen LogP) is -4.26. The molecule has 2 heterocycles. The third-order valence-electron chi connectivity index (χ3n) is 1.75. The van der Waals surface area contributed by atoms with Crippen molar-refractivity contribution in [2.24, 2.45) is 0 Å². The molecule has 2 rings (SSSR count). The maximum Gasteiger partial charge on any atom is 0.0899 e. The second kappa shape index (κ2) is 32.0. The molecule has 0 fully saturated rings. The van der Waals surface area contributed by atoms with Crippen LogP contribution in [0.5, 0.6) is 0 Å². The Kier molecular flexibility index (Phi) is 66.7. The first-order chi connectivity index (χ1) is 8.61. The van der Waals surface area contributed by atoms with Crippen molar-refractivity contribution in [3.8, 4) is 0 Å². The fraction of sp³-hybridized carbons (Fsp3) is 0. The van der Waals surface area contributed by atoms with Crippen molar-refractivity contribution in [1.82, 2.24) is 9.97 Å². The van der Waals surface area contributed by atoms with Crippen LogP contribution in [0.25, 0.3) is 0 Å². The molecular formula is C12H16Mo2N2O11-8. The van der Waals surface area contributed by atoms with E-state index in [2.05, 4.69) is 9.97 Å². The second-order valence-electron chi connectivity index (χ2n) is 3.00. The van der Waals surface area contributed by atoms with E-state index in [0.29, 0.717) is 0 Å². The van der Waals surface area contributed by atoms with Crippen LogP contribution in [0.1, 0.15) is 21.0 Å². The Morgan fingerprint density at radius 2 is 0.926 bits per heavy atom. The van der Waals surface area contributed by atoms with Gasteiger partial charge in [-0.2, -0.15) is 0 Å². The molecule has 0 saturated heterocycles. The van der Waals surface area contributed by atoms with Crippen LogP contribution in [0.15, 0.2) is 48.8 Å². The summed E-state index contributed by atoms with van der Waals surface area (Å²) in [6.45, 7) is 0. The van der Waals surface area contributed by atoms with Gasteiger partial charge in [-0.3, -0.25) is 9.97 Å². The number of hydrogen-bond acceptors (Lipinski definition) is 6. The normalized spacial score (nSPS) is 5.93. The monoisotopic (exact) mass is 560 g/mol. The molecule has 0 aliphatic rings. The van der Waals surface area contributed by atoms with Gasteiger partial charge in [0.25, 0.3) is 0 Å². The van der Waals surface area contributed by atoms with Gasteiger partial charge in [-0.05, 0) is 24.3 Å². The first-order valence-electron chi connectivity index (χ1n) is 4.86. The minimum atomic E-state index is -1.24. The van der Waals surface area contributed by atoms with Crippen molar-refractivity contribution in [3.05, 3.63) is 60.2 Å². The Balaban J connectivity index is -0.0000000257. The minimum Gasteiger partial charge on any atom is -2.00 e. The van der Waals surface area contributed by atoms with Gasteiger partial charge in [0.05, 0.1) is 23.3 Å². The number of aromatic carboxylic acids is 2. The molecule has 2 aromatic rings. The van der Waals surface area contributed by atoms with Crippen molar-refractivity contribution in [2.45, 2.75) is 0 Å². The van der Waals surface area contributed by atoms with E-state index in [9.17, 15) is 19.8 Å². The molecule has 0 bridgehead atoms. The number of carboxylic acid groups (broad SMARTS) is 2. The van der Waals surface area contributed by atoms with E-state index in [1.807, 2.05) is 0 Å². The molecule has 0 spiro atoms. The van der Waals surface area contributed by atoms with Gasteiger partial charge in [0.15, 0.2) is 0 Å². The predicted molar refractivity (Wildman–Crippen MR) is 73.2 cm³/mol. The first kappa shape index (κ1) is 56.2. The molecule has 13 nitrogen and oxygen atoms in total. The molecule has 2 aromatic heterocycles. The average molecular weight is 556 g/mol. The van der Waals surface area contributed by atoms with Gasteiger partial charge in [0, 0.05) is 54.5 Å². The Hall–Kier alpha value is -1.66. The summed E-state index contributed by atoms with van der Waals surface area (Å²) < 4.78 is 0. The molecule has 0 unspecified atom stereocenters. The number of aromatic nitrogens is 2. The summed E-state index contributed by atoms with van der Waals surface area (Å²) in [6, 6.07) is 9.25. The minimum absolute atomic E-state index is 0. The fourth-order valence-corrected chi connectivity index (χ4v) is 0.967. The number of rotatable bonds is 2. The fourth-order valence-electron chi connectivity index (χ4n) is 0.967. The third kappa shape index (κ3) is 24.3. The smallest absolute Gasteiger partial charge is 0.0899 e. The molecule has 8 N–H and O–H groups in total. The Morgan fingerprint density at radius 3 is 1.04 bits per heavy atom. The molecule has 15 heteroatoms. The summed E-state index contributed by atoms with van der Waals surface area (Å²) in [4.78, 5) is 27.1. The number of carboxylic acids is 2. The summed E-state index contributed by atoms with van der Waals surface area (Å²) in [5, 5.41) is 20.1. The Labute approximate surface area is 182 Å². The van der Waals surface area contributed by atoms with Crippen molar-refractivity contribution >= 4 is 11.9 Å². The van der Waals surface area contributed by atoms with E-state index >= 15 is 0 Å². The van der Waals surface area contributed by atoms with Crippen molar-refractivity contribution in [3.63, 3.8) is 0 Å². The van der Waals surface area contributed by atoms with Crippen LogP contribution in [-0.2, 0) is 75.0 Å². The largest absolute Gasteiger partial charge is 2.00 e. The van der Waals surface area contributed by atoms with Crippen molar-refractivity contribution < 1.29 is 100 Å². The Morgan fingerprint density at radius 1 is 0.667 bits per heavy atom. The van der Waals surface area contributed by atoms with Gasteiger partial charge in [-0.15, -0.1) is 0 Å². The van der Waals surface area contributed by atoms with Crippen LogP contribution in [-0.4, -0.2) is 27.4 Å². The van der Waals surface area contributed by atoms with Gasteiger partial charge in [0.2, 0.25) is 0 Å². The summed E-state index contributed by atoms with van der Waals surface area (Å²) in [7, 11) is 0. The zero-order valence-corrected chi connectivity index (χ0v) is 17.3. The number of hydrogen-bond donors (Lipinski definition) is 0. The van der Waals surface area contributed by atoms with E-state index in [0.717, 1.165) is 0 Å². The second-order valence-corrected chi connectivity index (χ2v) is 3.00. The topological polar surface area (TPSA) is 318 Å². The molecular weight excluding hydrogens is 540 g/mol. The zero-order chi connectivity index (χ0) is 13.4. The summed E-state index contributed by atoms with van der Waals surface area (Å²) >= 11 is 0. The average Bonchev–Trinajstić information content (AvgIpc) is 2.41. The van der Waals surface area contributed by atoms with E-state index < -0.39 is 11.9 Å².